The first-order valence-corrected chi connectivity index (χ1v) is 8.31. The van der Waals surface area contributed by atoms with Gasteiger partial charge in [-0.1, -0.05) is 6.07 Å². The van der Waals surface area contributed by atoms with E-state index >= 15 is 0 Å². The number of hydrogen-bond acceptors (Lipinski definition) is 4. The zero-order chi connectivity index (χ0) is 19.1. The smallest absolute Gasteiger partial charge is 0.225 e. The summed E-state index contributed by atoms with van der Waals surface area (Å²) in [5.74, 6) is -0.315. The van der Waals surface area contributed by atoms with Crippen LogP contribution in [0.1, 0.15) is 29.3 Å². The number of halogens is 1. The molecule has 0 unspecified atom stereocenters. The van der Waals surface area contributed by atoms with Gasteiger partial charge in [-0.2, -0.15) is 0 Å². The van der Waals surface area contributed by atoms with Gasteiger partial charge in [-0.15, -0.1) is 0 Å². The van der Waals surface area contributed by atoms with Gasteiger partial charge in [0, 0.05) is 30.8 Å². The number of nitrogens with one attached hydrogen (secondary N) is 1. The van der Waals surface area contributed by atoms with E-state index in [0.717, 1.165) is 5.56 Å². The van der Waals surface area contributed by atoms with E-state index in [-0.39, 0.29) is 17.4 Å². The fraction of sp³-hybridized carbons (Fsp3) is 0.300. The van der Waals surface area contributed by atoms with Gasteiger partial charge in [0.25, 0.3) is 0 Å². The highest BCUT2D eigenvalue weighted by atomic mass is 19.1. The Bertz CT molecular complexity index is 775. The molecular weight excluding hydrogens is 335 g/mol. The van der Waals surface area contributed by atoms with Crippen molar-refractivity contribution >= 4 is 17.4 Å². The molecule has 1 N–H and O–H groups in total. The van der Waals surface area contributed by atoms with Crippen LogP contribution in [0.15, 0.2) is 42.5 Å². The van der Waals surface area contributed by atoms with Gasteiger partial charge in [-0.05, 0) is 55.9 Å². The highest BCUT2D eigenvalue weighted by Crippen LogP contribution is 2.18. The second kappa shape index (κ2) is 9.10. The first-order chi connectivity index (χ1) is 12.4. The highest BCUT2D eigenvalue weighted by molar-refractivity contribution is 5.95. The van der Waals surface area contributed by atoms with E-state index in [1.54, 1.807) is 36.4 Å². The van der Waals surface area contributed by atoms with E-state index in [1.165, 1.54) is 20.1 Å². The third kappa shape index (κ3) is 5.67. The van der Waals surface area contributed by atoms with Crippen molar-refractivity contribution in [2.45, 2.75) is 19.9 Å². The Labute approximate surface area is 152 Å². The Hall–Kier alpha value is -2.73. The molecule has 0 spiro atoms. The Balaban J connectivity index is 1.81. The van der Waals surface area contributed by atoms with Crippen LogP contribution in [0.5, 0.6) is 5.75 Å². The van der Waals surface area contributed by atoms with Gasteiger partial charge in [0.05, 0.1) is 7.11 Å². The van der Waals surface area contributed by atoms with Crippen molar-refractivity contribution in [3.8, 4) is 5.75 Å². The van der Waals surface area contributed by atoms with E-state index in [4.69, 9.17) is 4.74 Å². The quantitative estimate of drug-likeness (QED) is 0.734. The Morgan fingerprint density at radius 3 is 2.42 bits per heavy atom. The van der Waals surface area contributed by atoms with Crippen molar-refractivity contribution in [3.63, 3.8) is 0 Å². The number of rotatable bonds is 8. The molecule has 0 saturated carbocycles. The van der Waals surface area contributed by atoms with Crippen LogP contribution in [-0.4, -0.2) is 37.3 Å². The third-order valence-corrected chi connectivity index (χ3v) is 3.96. The van der Waals surface area contributed by atoms with Gasteiger partial charge >= 0.3 is 0 Å². The third-order valence-electron chi connectivity index (χ3n) is 3.96. The Morgan fingerprint density at radius 1 is 1.15 bits per heavy atom. The van der Waals surface area contributed by atoms with Crippen molar-refractivity contribution in [1.29, 1.82) is 0 Å². The van der Waals surface area contributed by atoms with Crippen LogP contribution >= 0.6 is 0 Å². The topological polar surface area (TPSA) is 58.6 Å². The molecular formula is C20H23FN2O3. The van der Waals surface area contributed by atoms with Gasteiger partial charge in [0.15, 0.2) is 17.3 Å². The van der Waals surface area contributed by atoms with Crippen molar-refractivity contribution < 1.29 is 18.7 Å². The zero-order valence-corrected chi connectivity index (χ0v) is 15.2. The number of benzene rings is 2. The monoisotopic (exact) mass is 358 g/mol. The number of ether oxygens (including phenoxy) is 1. The lowest BCUT2D eigenvalue weighted by molar-refractivity contribution is -0.116. The molecule has 0 saturated heterocycles. The van der Waals surface area contributed by atoms with Gasteiger partial charge in [-0.25, -0.2) is 4.39 Å². The molecule has 0 fully saturated rings. The van der Waals surface area contributed by atoms with Gasteiger partial charge in [0.2, 0.25) is 5.91 Å². The number of nitrogens with zero attached hydrogens (tertiary/aromatic N) is 1. The van der Waals surface area contributed by atoms with Crippen LogP contribution < -0.4 is 10.1 Å². The Kier molecular flexibility index (Phi) is 6.86. The van der Waals surface area contributed by atoms with Crippen LogP contribution in [0.4, 0.5) is 10.1 Å². The fourth-order valence-electron chi connectivity index (χ4n) is 2.50. The van der Waals surface area contributed by atoms with Crippen LogP contribution in [0.25, 0.3) is 0 Å². The maximum atomic E-state index is 13.7. The minimum Gasteiger partial charge on any atom is -0.494 e. The molecule has 0 aliphatic rings. The van der Waals surface area contributed by atoms with Crippen molar-refractivity contribution in [2.75, 3.05) is 26.0 Å². The highest BCUT2D eigenvalue weighted by Gasteiger charge is 2.09. The number of anilines is 1. The normalized spacial score (nSPS) is 10.7. The molecule has 5 nitrogen and oxygen atoms in total. The predicted octanol–water partition coefficient (Wildman–Crippen LogP) is 3.50. The number of carbonyl (C=O) groups excluding carboxylic acids is 2. The number of methoxy groups -OCH3 is 1. The van der Waals surface area contributed by atoms with E-state index in [0.29, 0.717) is 30.8 Å². The van der Waals surface area contributed by atoms with E-state index in [1.807, 2.05) is 11.9 Å². The lowest BCUT2D eigenvalue weighted by atomic mass is 10.1. The standard InChI is InChI=1S/C20H23FN2O3/c1-14(24)16-5-7-17(8-6-16)22-20(25)10-11-23(2)13-15-4-9-19(26-3)18(21)12-15/h4-9,12H,10-11,13H2,1-3H3,(H,22,25). The average Bonchev–Trinajstić information content (AvgIpc) is 2.60. The van der Waals surface area contributed by atoms with Crippen molar-refractivity contribution in [3.05, 3.63) is 59.4 Å². The maximum Gasteiger partial charge on any atom is 0.225 e. The van der Waals surface area contributed by atoms with Crippen molar-refractivity contribution in [1.82, 2.24) is 4.90 Å². The number of Topliss-reactive ketones (excluding diaryl/α,β-unsaturated/α-hetero) is 1. The molecule has 0 radical (unpaired) electrons. The summed E-state index contributed by atoms with van der Waals surface area (Å²) in [6.07, 6.45) is 0.309. The summed E-state index contributed by atoms with van der Waals surface area (Å²) in [5.41, 5.74) is 2.07. The summed E-state index contributed by atoms with van der Waals surface area (Å²) in [7, 11) is 3.30. The number of ketones is 1. The molecule has 2 aromatic rings. The second-order valence-corrected chi connectivity index (χ2v) is 6.14. The molecule has 0 atom stereocenters. The van der Waals surface area contributed by atoms with E-state index in [9.17, 15) is 14.0 Å². The molecule has 0 aromatic heterocycles. The molecule has 138 valence electrons. The summed E-state index contributed by atoms with van der Waals surface area (Å²) in [5, 5.41) is 2.80. The Morgan fingerprint density at radius 2 is 1.85 bits per heavy atom. The van der Waals surface area contributed by atoms with Crippen LogP contribution in [0.3, 0.4) is 0 Å². The SMILES string of the molecule is COc1ccc(CN(C)CCC(=O)Nc2ccc(C(C)=O)cc2)cc1F. The lowest BCUT2D eigenvalue weighted by Crippen LogP contribution is -2.24. The van der Waals surface area contributed by atoms with Crippen LogP contribution in [-0.2, 0) is 11.3 Å². The molecule has 1 amide bonds. The van der Waals surface area contributed by atoms with E-state index < -0.39 is 5.82 Å². The summed E-state index contributed by atoms with van der Waals surface area (Å²) >= 11 is 0. The summed E-state index contributed by atoms with van der Waals surface area (Å²) < 4.78 is 18.6. The van der Waals surface area contributed by atoms with Gasteiger partial charge in [0.1, 0.15) is 0 Å². The second-order valence-electron chi connectivity index (χ2n) is 6.14. The lowest BCUT2D eigenvalue weighted by Gasteiger charge is -2.17. The largest absolute Gasteiger partial charge is 0.494 e. The fourth-order valence-corrected chi connectivity index (χ4v) is 2.50. The molecule has 2 rings (SSSR count). The minimum atomic E-state index is -0.398. The van der Waals surface area contributed by atoms with Gasteiger partial charge in [-0.3, -0.25) is 9.59 Å². The summed E-state index contributed by atoms with van der Waals surface area (Å²) in [6.45, 7) is 2.56. The minimum absolute atomic E-state index is 0.0144. The van der Waals surface area contributed by atoms with E-state index in [2.05, 4.69) is 5.32 Å². The van der Waals surface area contributed by atoms with Gasteiger partial charge < -0.3 is 15.0 Å². The molecule has 0 aliphatic carbocycles. The predicted molar refractivity (Wildman–Crippen MR) is 99.0 cm³/mol. The molecule has 2 aromatic carbocycles. The van der Waals surface area contributed by atoms with Crippen LogP contribution in [0, 0.1) is 5.82 Å². The summed E-state index contributed by atoms with van der Waals surface area (Å²) in [4.78, 5) is 25.2. The first-order valence-electron chi connectivity index (χ1n) is 8.31. The number of amides is 1. The van der Waals surface area contributed by atoms with Crippen molar-refractivity contribution in [2.24, 2.45) is 0 Å². The molecule has 6 heteroatoms. The molecule has 26 heavy (non-hydrogen) atoms. The number of hydrogen-bond donors (Lipinski definition) is 1. The number of carbonyl (C=O) groups is 2. The van der Waals surface area contributed by atoms with Crippen LogP contribution in [0.2, 0.25) is 0 Å². The average molecular weight is 358 g/mol. The molecule has 0 aliphatic heterocycles. The maximum absolute atomic E-state index is 13.7. The summed E-state index contributed by atoms with van der Waals surface area (Å²) in [6, 6.07) is 11.6. The zero-order valence-electron chi connectivity index (χ0n) is 15.2. The molecule has 0 bridgehead atoms. The molecule has 0 heterocycles. The first kappa shape index (κ1) is 19.6.